The SMILES string of the molecule is CC1(C)CN(C(=O)CCl)C1c1cccs1. The van der Waals surface area contributed by atoms with Gasteiger partial charge in [0.2, 0.25) is 5.91 Å². The summed E-state index contributed by atoms with van der Waals surface area (Å²) in [7, 11) is 0. The highest BCUT2D eigenvalue weighted by Gasteiger charge is 2.48. The van der Waals surface area contributed by atoms with Crippen LogP contribution >= 0.6 is 22.9 Å². The second kappa shape index (κ2) is 3.80. The molecule has 1 aromatic heterocycles. The monoisotopic (exact) mass is 243 g/mol. The number of rotatable bonds is 2. The lowest BCUT2D eigenvalue weighted by Crippen LogP contribution is -2.58. The lowest BCUT2D eigenvalue weighted by Gasteiger charge is -2.53. The molecule has 0 N–H and O–H groups in total. The van der Waals surface area contributed by atoms with E-state index >= 15 is 0 Å². The molecule has 2 nitrogen and oxygen atoms in total. The average molecular weight is 244 g/mol. The summed E-state index contributed by atoms with van der Waals surface area (Å²) in [6, 6.07) is 4.33. The number of nitrogens with zero attached hydrogens (tertiary/aromatic N) is 1. The smallest absolute Gasteiger partial charge is 0.238 e. The molecule has 1 amide bonds. The van der Waals surface area contributed by atoms with Crippen molar-refractivity contribution in [2.75, 3.05) is 12.4 Å². The van der Waals surface area contributed by atoms with Gasteiger partial charge in [0.05, 0.1) is 6.04 Å². The first-order chi connectivity index (χ1) is 7.06. The first-order valence-electron chi connectivity index (χ1n) is 4.95. The highest BCUT2D eigenvalue weighted by molar-refractivity contribution is 7.10. The number of carbonyl (C=O) groups excluding carboxylic acids is 1. The van der Waals surface area contributed by atoms with Gasteiger partial charge in [-0.05, 0) is 11.4 Å². The second-order valence-electron chi connectivity index (χ2n) is 4.56. The zero-order valence-corrected chi connectivity index (χ0v) is 10.4. The Labute approximate surface area is 98.8 Å². The van der Waals surface area contributed by atoms with E-state index < -0.39 is 0 Å². The predicted octanol–water partition coefficient (Wildman–Crippen LogP) is 2.90. The molecule has 2 heterocycles. The van der Waals surface area contributed by atoms with Crippen molar-refractivity contribution in [3.8, 4) is 0 Å². The number of hydrogen-bond acceptors (Lipinski definition) is 2. The van der Waals surface area contributed by atoms with Crippen molar-refractivity contribution >= 4 is 28.8 Å². The minimum Gasteiger partial charge on any atom is -0.333 e. The standard InChI is InChI=1S/C11H14ClNOS/c1-11(2)7-13(9(14)6-12)10(11)8-4-3-5-15-8/h3-5,10H,6-7H2,1-2H3. The molecule has 82 valence electrons. The maximum absolute atomic E-state index is 11.6. The van der Waals surface area contributed by atoms with Crippen molar-refractivity contribution in [3.63, 3.8) is 0 Å². The van der Waals surface area contributed by atoms with Gasteiger partial charge in [-0.15, -0.1) is 22.9 Å². The third-order valence-electron chi connectivity index (χ3n) is 2.88. The van der Waals surface area contributed by atoms with Crippen molar-refractivity contribution in [3.05, 3.63) is 22.4 Å². The number of likely N-dealkylation sites (tertiary alicyclic amines) is 1. The van der Waals surface area contributed by atoms with Gasteiger partial charge in [0, 0.05) is 16.8 Å². The van der Waals surface area contributed by atoms with E-state index in [2.05, 4.69) is 19.9 Å². The molecule has 1 saturated heterocycles. The minimum absolute atomic E-state index is 0.0365. The van der Waals surface area contributed by atoms with E-state index in [1.165, 1.54) is 4.88 Å². The number of hydrogen-bond donors (Lipinski definition) is 0. The average Bonchev–Trinajstić information content (AvgIpc) is 2.66. The molecule has 2 rings (SSSR count). The fourth-order valence-corrected chi connectivity index (χ4v) is 3.42. The third-order valence-corrected chi connectivity index (χ3v) is 4.03. The van der Waals surface area contributed by atoms with Gasteiger partial charge >= 0.3 is 0 Å². The van der Waals surface area contributed by atoms with Gasteiger partial charge in [-0.1, -0.05) is 19.9 Å². The van der Waals surface area contributed by atoms with Crippen molar-refractivity contribution in [2.24, 2.45) is 5.41 Å². The Balaban J connectivity index is 2.22. The molecule has 1 fully saturated rings. The van der Waals surface area contributed by atoms with E-state index in [4.69, 9.17) is 11.6 Å². The highest BCUT2D eigenvalue weighted by Crippen LogP contribution is 2.49. The largest absolute Gasteiger partial charge is 0.333 e. The van der Waals surface area contributed by atoms with Crippen LogP contribution in [0.1, 0.15) is 24.8 Å². The van der Waals surface area contributed by atoms with Gasteiger partial charge in [0.25, 0.3) is 0 Å². The first kappa shape index (κ1) is 11.0. The topological polar surface area (TPSA) is 20.3 Å². The lowest BCUT2D eigenvalue weighted by molar-refractivity contribution is -0.148. The van der Waals surface area contributed by atoms with Crippen molar-refractivity contribution in [1.29, 1.82) is 0 Å². The zero-order valence-electron chi connectivity index (χ0n) is 8.87. The van der Waals surface area contributed by atoms with Gasteiger partial charge in [-0.2, -0.15) is 0 Å². The summed E-state index contributed by atoms with van der Waals surface area (Å²) >= 11 is 7.30. The molecule has 4 heteroatoms. The quantitative estimate of drug-likeness (QED) is 0.732. The minimum atomic E-state index is 0.0365. The Bertz CT molecular complexity index is 361. The number of carbonyl (C=O) groups is 1. The summed E-state index contributed by atoms with van der Waals surface area (Å²) in [6.07, 6.45) is 0. The van der Waals surface area contributed by atoms with E-state index in [9.17, 15) is 4.79 Å². The molecule has 1 aromatic rings. The van der Waals surface area contributed by atoms with Gasteiger partial charge in [0.1, 0.15) is 5.88 Å². The molecule has 0 bridgehead atoms. The van der Waals surface area contributed by atoms with Crippen LogP contribution in [0.5, 0.6) is 0 Å². The van der Waals surface area contributed by atoms with Gasteiger partial charge in [-0.3, -0.25) is 4.79 Å². The maximum atomic E-state index is 11.6. The first-order valence-corrected chi connectivity index (χ1v) is 6.36. The fourth-order valence-electron chi connectivity index (χ4n) is 2.22. The molecule has 15 heavy (non-hydrogen) atoms. The molecule has 1 aliphatic heterocycles. The van der Waals surface area contributed by atoms with Crippen LogP contribution in [0.4, 0.5) is 0 Å². The van der Waals surface area contributed by atoms with Crippen molar-refractivity contribution < 1.29 is 4.79 Å². The molecule has 0 saturated carbocycles. The molecular weight excluding hydrogens is 230 g/mol. The number of amides is 1. The van der Waals surface area contributed by atoms with Crippen LogP contribution in [0.2, 0.25) is 0 Å². The zero-order chi connectivity index (χ0) is 11.1. The summed E-state index contributed by atoms with van der Waals surface area (Å²) in [4.78, 5) is 14.7. The number of alkyl halides is 1. The number of thiophene rings is 1. The summed E-state index contributed by atoms with van der Waals surface area (Å²) in [6.45, 7) is 5.19. The van der Waals surface area contributed by atoms with Crippen LogP contribution in [0, 0.1) is 5.41 Å². The molecule has 0 aromatic carbocycles. The Kier molecular flexibility index (Phi) is 2.77. The van der Waals surface area contributed by atoms with Crippen molar-refractivity contribution in [2.45, 2.75) is 19.9 Å². The molecule has 1 aliphatic rings. The van der Waals surface area contributed by atoms with E-state index in [1.54, 1.807) is 11.3 Å². The summed E-state index contributed by atoms with van der Waals surface area (Å²) in [5.74, 6) is 0.118. The Morgan fingerprint density at radius 2 is 2.47 bits per heavy atom. The summed E-state index contributed by atoms with van der Waals surface area (Å²) in [5.41, 5.74) is 0.173. The predicted molar refractivity (Wildman–Crippen MR) is 63.3 cm³/mol. The lowest BCUT2D eigenvalue weighted by atomic mass is 9.74. The second-order valence-corrected chi connectivity index (χ2v) is 5.81. The van der Waals surface area contributed by atoms with Crippen LogP contribution in [0.15, 0.2) is 17.5 Å². The molecule has 0 aliphatic carbocycles. The summed E-state index contributed by atoms with van der Waals surface area (Å²) < 4.78 is 0. The van der Waals surface area contributed by atoms with Crippen LogP contribution in [-0.2, 0) is 4.79 Å². The Morgan fingerprint density at radius 1 is 1.73 bits per heavy atom. The fraction of sp³-hybridized carbons (Fsp3) is 0.545. The van der Waals surface area contributed by atoms with Crippen LogP contribution < -0.4 is 0 Å². The van der Waals surface area contributed by atoms with E-state index in [1.807, 2.05) is 16.3 Å². The molecule has 1 atom stereocenters. The van der Waals surface area contributed by atoms with E-state index in [0.29, 0.717) is 0 Å². The van der Waals surface area contributed by atoms with Gasteiger partial charge in [0.15, 0.2) is 0 Å². The van der Waals surface area contributed by atoms with E-state index in [0.717, 1.165) is 6.54 Å². The third kappa shape index (κ3) is 1.79. The number of halogens is 1. The molecule has 0 spiro atoms. The normalized spacial score (nSPS) is 23.7. The summed E-state index contributed by atoms with van der Waals surface area (Å²) in [5, 5.41) is 2.05. The highest BCUT2D eigenvalue weighted by atomic mass is 35.5. The van der Waals surface area contributed by atoms with Gasteiger partial charge < -0.3 is 4.90 Å². The Morgan fingerprint density at radius 3 is 2.93 bits per heavy atom. The van der Waals surface area contributed by atoms with Crippen LogP contribution in [0.25, 0.3) is 0 Å². The Hall–Kier alpha value is -0.540. The molecular formula is C11H14ClNOS. The van der Waals surface area contributed by atoms with Crippen LogP contribution in [-0.4, -0.2) is 23.2 Å². The maximum Gasteiger partial charge on any atom is 0.238 e. The van der Waals surface area contributed by atoms with Gasteiger partial charge in [-0.25, -0.2) is 0 Å². The van der Waals surface area contributed by atoms with E-state index in [-0.39, 0.29) is 23.2 Å². The molecule has 1 unspecified atom stereocenters. The molecule has 0 radical (unpaired) electrons. The van der Waals surface area contributed by atoms with Crippen molar-refractivity contribution in [1.82, 2.24) is 4.90 Å². The van der Waals surface area contributed by atoms with Crippen LogP contribution in [0.3, 0.4) is 0 Å².